The van der Waals surface area contributed by atoms with E-state index in [9.17, 15) is 19.2 Å². The topological polar surface area (TPSA) is 105 Å². The molecule has 2 fully saturated rings. The molecule has 0 bridgehead atoms. The number of urea groups is 1. The molecule has 0 unspecified atom stereocenters. The lowest BCUT2D eigenvalue weighted by Gasteiger charge is -2.36. The zero-order valence-electron chi connectivity index (χ0n) is 16.4. The molecule has 0 radical (unpaired) electrons. The highest BCUT2D eigenvalue weighted by Gasteiger charge is 2.55. The molecule has 1 saturated heterocycles. The van der Waals surface area contributed by atoms with E-state index in [1.807, 2.05) is 13.8 Å². The van der Waals surface area contributed by atoms with Crippen molar-refractivity contribution in [3.63, 3.8) is 0 Å². The highest BCUT2D eigenvalue weighted by atomic mass is 35.5. The van der Waals surface area contributed by atoms with Crippen LogP contribution in [0.5, 0.6) is 0 Å². The smallest absolute Gasteiger partial charge is 0.326 e. The second-order valence-corrected chi connectivity index (χ2v) is 8.02. The molecule has 2 N–H and O–H groups in total. The highest BCUT2D eigenvalue weighted by Crippen LogP contribution is 2.38. The van der Waals surface area contributed by atoms with Crippen molar-refractivity contribution in [3.8, 4) is 0 Å². The Morgan fingerprint density at radius 2 is 2.10 bits per heavy atom. The van der Waals surface area contributed by atoms with Crippen LogP contribution in [0.2, 0.25) is 5.02 Å². The Hall–Kier alpha value is -2.61. The van der Waals surface area contributed by atoms with Crippen LogP contribution in [-0.2, 0) is 19.1 Å². The number of amides is 4. The number of carbonyl (C=O) groups is 4. The molecule has 1 heterocycles. The molecule has 1 spiro atoms. The predicted molar refractivity (Wildman–Crippen MR) is 106 cm³/mol. The van der Waals surface area contributed by atoms with Crippen molar-refractivity contribution in [2.75, 3.05) is 18.5 Å². The number of benzene rings is 1. The maximum Gasteiger partial charge on any atom is 0.326 e. The molecule has 9 heteroatoms. The van der Waals surface area contributed by atoms with Gasteiger partial charge in [0.25, 0.3) is 11.8 Å². The minimum atomic E-state index is -0.933. The number of halogens is 1. The average Bonchev–Trinajstić information content (AvgIpc) is 2.90. The van der Waals surface area contributed by atoms with Crippen molar-refractivity contribution in [2.45, 2.75) is 45.1 Å². The van der Waals surface area contributed by atoms with Gasteiger partial charge >= 0.3 is 12.0 Å². The molecule has 2 atom stereocenters. The third-order valence-corrected chi connectivity index (χ3v) is 6.02. The quantitative estimate of drug-likeness (QED) is 0.561. The average molecular weight is 422 g/mol. The van der Waals surface area contributed by atoms with Gasteiger partial charge in [0.05, 0.1) is 0 Å². The summed E-state index contributed by atoms with van der Waals surface area (Å²) in [6.45, 7) is 2.71. The standard InChI is InChI=1S/C20H24ClN3O5/c1-12-6-7-14(9-15(12)21)22-16(25)11-29-17(26)10-24-18(27)20(23-19(24)28)8-4-3-5-13(20)2/h6-7,9,13H,3-5,8,10-11H2,1-2H3,(H,22,25)(H,23,28)/t13-,20+/m0/s1. The number of anilines is 1. The normalized spacial score (nSPS) is 23.8. The number of nitrogens with one attached hydrogen (secondary N) is 2. The summed E-state index contributed by atoms with van der Waals surface area (Å²) in [4.78, 5) is 50.0. The summed E-state index contributed by atoms with van der Waals surface area (Å²) >= 11 is 6.01. The van der Waals surface area contributed by atoms with Crippen LogP contribution in [0.1, 0.15) is 38.2 Å². The maximum atomic E-state index is 12.8. The second-order valence-electron chi connectivity index (χ2n) is 7.61. The number of ether oxygens (including phenoxy) is 1. The Morgan fingerprint density at radius 3 is 2.79 bits per heavy atom. The van der Waals surface area contributed by atoms with Crippen molar-refractivity contribution < 1.29 is 23.9 Å². The third-order valence-electron chi connectivity index (χ3n) is 5.61. The van der Waals surface area contributed by atoms with Crippen molar-refractivity contribution in [2.24, 2.45) is 5.92 Å². The lowest BCUT2D eigenvalue weighted by molar-refractivity contribution is -0.150. The Morgan fingerprint density at radius 1 is 1.34 bits per heavy atom. The minimum Gasteiger partial charge on any atom is -0.454 e. The molecule has 1 aromatic rings. The van der Waals surface area contributed by atoms with Gasteiger partial charge in [0.15, 0.2) is 6.61 Å². The molecule has 3 rings (SSSR count). The SMILES string of the molecule is Cc1ccc(NC(=O)COC(=O)CN2C(=O)N[C@@]3(CCCC[C@@H]3C)C2=O)cc1Cl. The van der Waals surface area contributed by atoms with Gasteiger partial charge in [-0.15, -0.1) is 0 Å². The summed E-state index contributed by atoms with van der Waals surface area (Å²) in [6.07, 6.45) is 3.26. The molecule has 1 saturated carbocycles. The van der Waals surface area contributed by atoms with Gasteiger partial charge < -0.3 is 15.4 Å². The van der Waals surface area contributed by atoms with E-state index in [-0.39, 0.29) is 5.92 Å². The third kappa shape index (κ3) is 4.37. The lowest BCUT2D eigenvalue weighted by Crippen LogP contribution is -2.54. The predicted octanol–water partition coefficient (Wildman–Crippen LogP) is 2.63. The van der Waals surface area contributed by atoms with Crippen molar-refractivity contribution in [3.05, 3.63) is 28.8 Å². The first kappa shape index (κ1) is 21.1. The molecular formula is C20H24ClN3O5. The first-order valence-electron chi connectivity index (χ1n) is 9.58. The van der Waals surface area contributed by atoms with Gasteiger partial charge in [-0.2, -0.15) is 0 Å². The van der Waals surface area contributed by atoms with Gasteiger partial charge in [0, 0.05) is 10.7 Å². The van der Waals surface area contributed by atoms with Crippen LogP contribution >= 0.6 is 11.6 Å². The van der Waals surface area contributed by atoms with Crippen molar-refractivity contribution in [1.82, 2.24) is 10.2 Å². The molecule has 4 amide bonds. The lowest BCUT2D eigenvalue weighted by atomic mass is 9.73. The Balaban J connectivity index is 1.52. The fourth-order valence-electron chi connectivity index (χ4n) is 3.83. The molecule has 2 aliphatic rings. The fourth-order valence-corrected chi connectivity index (χ4v) is 4.01. The molecule has 156 valence electrons. The van der Waals surface area contributed by atoms with Crippen LogP contribution in [-0.4, -0.2) is 47.4 Å². The number of aryl methyl sites for hydroxylation is 1. The molecule has 1 aromatic carbocycles. The van der Waals surface area contributed by atoms with Gasteiger partial charge in [0.1, 0.15) is 12.1 Å². The van der Waals surface area contributed by atoms with Gasteiger partial charge in [-0.3, -0.25) is 19.3 Å². The fraction of sp³-hybridized carbons (Fsp3) is 0.500. The first-order valence-corrected chi connectivity index (χ1v) is 9.96. The van der Waals surface area contributed by atoms with E-state index in [0.717, 1.165) is 29.7 Å². The molecule has 1 aliphatic carbocycles. The van der Waals surface area contributed by atoms with Crippen molar-refractivity contribution in [1.29, 1.82) is 0 Å². The molecule has 1 aliphatic heterocycles. The summed E-state index contributed by atoms with van der Waals surface area (Å²) in [5.41, 5.74) is 0.413. The number of nitrogens with zero attached hydrogens (tertiary/aromatic N) is 1. The largest absolute Gasteiger partial charge is 0.454 e. The summed E-state index contributed by atoms with van der Waals surface area (Å²) in [5, 5.41) is 5.84. The molecule has 0 aromatic heterocycles. The summed E-state index contributed by atoms with van der Waals surface area (Å²) in [6, 6.07) is 4.43. The molecule has 8 nitrogen and oxygen atoms in total. The number of carbonyl (C=O) groups excluding carboxylic acids is 4. The zero-order chi connectivity index (χ0) is 21.2. The molecule has 29 heavy (non-hydrogen) atoms. The van der Waals surface area contributed by atoms with E-state index < -0.39 is 42.5 Å². The van der Waals surface area contributed by atoms with E-state index in [1.54, 1.807) is 18.2 Å². The van der Waals surface area contributed by atoms with Gasteiger partial charge in [-0.1, -0.05) is 37.4 Å². The maximum absolute atomic E-state index is 12.8. The van der Waals surface area contributed by atoms with E-state index >= 15 is 0 Å². The van der Waals surface area contributed by atoms with Gasteiger partial charge in [-0.05, 0) is 43.4 Å². The Bertz CT molecular complexity index is 859. The van der Waals surface area contributed by atoms with Gasteiger partial charge in [-0.25, -0.2) is 4.79 Å². The number of imide groups is 1. The van der Waals surface area contributed by atoms with Crippen molar-refractivity contribution >= 4 is 41.1 Å². The zero-order valence-corrected chi connectivity index (χ0v) is 17.2. The van der Waals surface area contributed by atoms with E-state index in [2.05, 4.69) is 10.6 Å². The van der Waals surface area contributed by atoms with E-state index in [4.69, 9.17) is 16.3 Å². The first-order chi connectivity index (χ1) is 13.7. The van der Waals surface area contributed by atoms with Crippen LogP contribution in [0.25, 0.3) is 0 Å². The van der Waals surface area contributed by atoms with E-state index in [1.165, 1.54) is 0 Å². The number of esters is 1. The monoisotopic (exact) mass is 421 g/mol. The highest BCUT2D eigenvalue weighted by molar-refractivity contribution is 6.31. The van der Waals surface area contributed by atoms with Crippen LogP contribution < -0.4 is 10.6 Å². The summed E-state index contributed by atoms with van der Waals surface area (Å²) in [7, 11) is 0. The Labute approximate surface area is 173 Å². The molecular weight excluding hydrogens is 398 g/mol. The summed E-state index contributed by atoms with van der Waals surface area (Å²) in [5.74, 6) is -1.77. The minimum absolute atomic E-state index is 0.000770. The van der Waals surface area contributed by atoms with Crippen LogP contribution in [0, 0.1) is 12.8 Å². The van der Waals surface area contributed by atoms with Crippen LogP contribution in [0.15, 0.2) is 18.2 Å². The summed E-state index contributed by atoms with van der Waals surface area (Å²) < 4.78 is 4.93. The van der Waals surface area contributed by atoms with Crippen LogP contribution in [0.3, 0.4) is 0 Å². The van der Waals surface area contributed by atoms with Crippen LogP contribution in [0.4, 0.5) is 10.5 Å². The van der Waals surface area contributed by atoms with Gasteiger partial charge in [0.2, 0.25) is 0 Å². The number of hydrogen-bond acceptors (Lipinski definition) is 5. The van der Waals surface area contributed by atoms with E-state index in [0.29, 0.717) is 17.1 Å². The second kappa shape index (κ2) is 8.41. The number of hydrogen-bond donors (Lipinski definition) is 2. The number of rotatable bonds is 5. The Kier molecular flexibility index (Phi) is 6.12.